The molecule has 2 aromatic rings. The fourth-order valence-electron chi connectivity index (χ4n) is 4.41. The first-order chi connectivity index (χ1) is 15.3. The predicted molar refractivity (Wildman–Crippen MR) is 116 cm³/mol. The maximum Gasteiger partial charge on any atom is 0.339 e. The van der Waals surface area contributed by atoms with Gasteiger partial charge in [-0.05, 0) is 55.5 Å². The smallest absolute Gasteiger partial charge is 0.339 e. The van der Waals surface area contributed by atoms with E-state index in [9.17, 15) is 18.8 Å². The van der Waals surface area contributed by atoms with Crippen LogP contribution in [0.4, 0.5) is 4.39 Å². The van der Waals surface area contributed by atoms with Crippen molar-refractivity contribution in [1.82, 2.24) is 10.2 Å². The second-order valence-corrected chi connectivity index (χ2v) is 8.82. The summed E-state index contributed by atoms with van der Waals surface area (Å²) in [4.78, 5) is 39.8. The van der Waals surface area contributed by atoms with Gasteiger partial charge < -0.3 is 15.0 Å². The molecule has 2 aliphatic heterocycles. The molecule has 4 rings (SSSR count). The van der Waals surface area contributed by atoms with Crippen molar-refractivity contribution in [2.45, 2.75) is 45.3 Å². The standard InChI is InChI=1S/C25H27FN2O4/c1-16-7-8-17(13-21(16)26)15-27-22(29)18-9-11-28(12-10-18)24(31)25(2)14-19-5-3-4-6-20(19)23(30)32-25/h3-8,13,18H,9-12,14-15H2,1-2H3,(H,27,29). The second kappa shape index (κ2) is 8.73. The Morgan fingerprint density at radius 2 is 1.91 bits per heavy atom. The molecule has 1 fully saturated rings. The zero-order valence-corrected chi connectivity index (χ0v) is 18.3. The molecule has 0 spiro atoms. The Bertz CT molecular complexity index is 1060. The van der Waals surface area contributed by atoms with Crippen LogP contribution in [0.25, 0.3) is 0 Å². The van der Waals surface area contributed by atoms with Crippen LogP contribution in [-0.4, -0.2) is 41.4 Å². The largest absolute Gasteiger partial charge is 0.445 e. The summed E-state index contributed by atoms with van der Waals surface area (Å²) in [5, 5.41) is 2.87. The van der Waals surface area contributed by atoms with Gasteiger partial charge in [0.25, 0.3) is 5.91 Å². The van der Waals surface area contributed by atoms with Gasteiger partial charge in [-0.2, -0.15) is 0 Å². The second-order valence-electron chi connectivity index (χ2n) is 8.82. The van der Waals surface area contributed by atoms with E-state index in [4.69, 9.17) is 4.74 Å². The molecule has 2 amide bonds. The lowest BCUT2D eigenvalue weighted by Gasteiger charge is -2.39. The number of cyclic esters (lactones) is 1. The normalized spacial score (nSPS) is 21.0. The molecule has 0 aromatic heterocycles. The number of likely N-dealkylation sites (tertiary alicyclic amines) is 1. The average Bonchev–Trinajstić information content (AvgIpc) is 2.79. The third-order valence-electron chi connectivity index (χ3n) is 6.39. The van der Waals surface area contributed by atoms with Gasteiger partial charge in [-0.15, -0.1) is 0 Å². The maximum absolute atomic E-state index is 13.7. The third kappa shape index (κ3) is 4.38. The fourth-order valence-corrected chi connectivity index (χ4v) is 4.41. The highest BCUT2D eigenvalue weighted by atomic mass is 19.1. The van der Waals surface area contributed by atoms with Gasteiger partial charge in [-0.3, -0.25) is 9.59 Å². The van der Waals surface area contributed by atoms with Crippen LogP contribution in [0.3, 0.4) is 0 Å². The van der Waals surface area contributed by atoms with Gasteiger partial charge >= 0.3 is 5.97 Å². The molecule has 2 aromatic carbocycles. The third-order valence-corrected chi connectivity index (χ3v) is 6.39. The van der Waals surface area contributed by atoms with Gasteiger partial charge in [0.15, 0.2) is 5.60 Å². The Morgan fingerprint density at radius 3 is 2.62 bits per heavy atom. The van der Waals surface area contributed by atoms with Crippen molar-refractivity contribution in [3.05, 3.63) is 70.5 Å². The topological polar surface area (TPSA) is 75.7 Å². The zero-order valence-electron chi connectivity index (χ0n) is 18.3. The molecule has 2 heterocycles. The van der Waals surface area contributed by atoms with E-state index in [1.54, 1.807) is 43.0 Å². The molecular formula is C25H27FN2O4. The number of hydrogen-bond donors (Lipinski definition) is 1. The van der Waals surface area contributed by atoms with E-state index in [0.29, 0.717) is 49.0 Å². The Morgan fingerprint density at radius 1 is 1.19 bits per heavy atom. The molecule has 6 nitrogen and oxygen atoms in total. The quantitative estimate of drug-likeness (QED) is 0.744. The molecule has 0 aliphatic carbocycles. The number of carbonyl (C=O) groups is 3. The Hall–Kier alpha value is -3.22. The number of amides is 2. The van der Waals surface area contributed by atoms with Gasteiger partial charge in [0.1, 0.15) is 5.82 Å². The molecule has 1 unspecified atom stereocenters. The summed E-state index contributed by atoms with van der Waals surface area (Å²) in [6.45, 7) is 4.46. The number of hydrogen-bond acceptors (Lipinski definition) is 4. The Balaban J connectivity index is 1.32. The van der Waals surface area contributed by atoms with Crippen molar-refractivity contribution in [3.63, 3.8) is 0 Å². The van der Waals surface area contributed by atoms with Gasteiger partial charge in [0.05, 0.1) is 5.56 Å². The summed E-state index contributed by atoms with van der Waals surface area (Å²) in [5.41, 5.74) is 1.35. The number of piperidine rings is 1. The van der Waals surface area contributed by atoms with E-state index < -0.39 is 11.6 Å². The van der Waals surface area contributed by atoms with Crippen molar-refractivity contribution in [3.8, 4) is 0 Å². The van der Waals surface area contributed by atoms with E-state index in [2.05, 4.69) is 5.32 Å². The van der Waals surface area contributed by atoms with E-state index in [1.165, 1.54) is 6.07 Å². The minimum Gasteiger partial charge on any atom is -0.445 e. The van der Waals surface area contributed by atoms with E-state index in [1.807, 2.05) is 12.1 Å². The monoisotopic (exact) mass is 438 g/mol. The molecule has 0 radical (unpaired) electrons. The summed E-state index contributed by atoms with van der Waals surface area (Å²) in [5.74, 6) is -1.30. The number of esters is 1. The van der Waals surface area contributed by atoms with Crippen LogP contribution in [0.2, 0.25) is 0 Å². The van der Waals surface area contributed by atoms with Gasteiger partial charge in [-0.25, -0.2) is 9.18 Å². The minimum absolute atomic E-state index is 0.0951. The highest BCUT2D eigenvalue weighted by Crippen LogP contribution is 2.31. The van der Waals surface area contributed by atoms with E-state index >= 15 is 0 Å². The summed E-state index contributed by atoms with van der Waals surface area (Å²) < 4.78 is 19.2. The molecule has 1 N–H and O–H groups in total. The van der Waals surface area contributed by atoms with Crippen LogP contribution < -0.4 is 5.32 Å². The van der Waals surface area contributed by atoms with Gasteiger partial charge in [0, 0.05) is 32.0 Å². The number of nitrogens with one attached hydrogen (secondary N) is 1. The van der Waals surface area contributed by atoms with Crippen LogP contribution >= 0.6 is 0 Å². The summed E-state index contributed by atoms with van der Waals surface area (Å²) >= 11 is 0. The van der Waals surface area contributed by atoms with Crippen molar-refractivity contribution < 1.29 is 23.5 Å². The first kappa shape index (κ1) is 22.0. The molecule has 0 saturated carbocycles. The number of halogens is 1. The van der Waals surface area contributed by atoms with Gasteiger partial charge in [-0.1, -0.05) is 30.3 Å². The number of rotatable bonds is 4. The summed E-state index contributed by atoms with van der Waals surface area (Å²) in [7, 11) is 0. The molecule has 0 bridgehead atoms. The molecular weight excluding hydrogens is 411 g/mol. The first-order valence-electron chi connectivity index (χ1n) is 10.9. The maximum atomic E-state index is 13.7. The van der Waals surface area contributed by atoms with Crippen LogP contribution in [0.5, 0.6) is 0 Å². The first-order valence-corrected chi connectivity index (χ1v) is 10.9. The lowest BCUT2D eigenvalue weighted by molar-refractivity contribution is -0.153. The van der Waals surface area contributed by atoms with Crippen molar-refractivity contribution in [1.29, 1.82) is 0 Å². The molecule has 2 aliphatic rings. The highest BCUT2D eigenvalue weighted by Gasteiger charge is 2.45. The summed E-state index contributed by atoms with van der Waals surface area (Å²) in [6.07, 6.45) is 1.39. The van der Waals surface area contributed by atoms with Crippen molar-refractivity contribution in [2.24, 2.45) is 5.92 Å². The van der Waals surface area contributed by atoms with Crippen LogP contribution in [0.15, 0.2) is 42.5 Å². The van der Waals surface area contributed by atoms with Crippen LogP contribution in [-0.2, 0) is 27.3 Å². The fraction of sp³-hybridized carbons (Fsp3) is 0.400. The molecule has 32 heavy (non-hydrogen) atoms. The zero-order chi connectivity index (χ0) is 22.9. The SMILES string of the molecule is Cc1ccc(CNC(=O)C2CCN(C(=O)C3(C)Cc4ccccc4C(=O)O3)CC2)cc1F. The van der Waals surface area contributed by atoms with Crippen molar-refractivity contribution >= 4 is 17.8 Å². The number of nitrogens with zero attached hydrogens (tertiary/aromatic N) is 1. The molecule has 7 heteroatoms. The molecule has 1 saturated heterocycles. The minimum atomic E-state index is -1.24. The van der Waals surface area contributed by atoms with Crippen molar-refractivity contribution in [2.75, 3.05) is 13.1 Å². The summed E-state index contributed by atoms with van der Waals surface area (Å²) in [6, 6.07) is 12.1. The number of carbonyl (C=O) groups excluding carboxylic acids is 3. The number of aryl methyl sites for hydroxylation is 1. The van der Waals surface area contributed by atoms with Gasteiger partial charge in [0.2, 0.25) is 5.91 Å². The number of fused-ring (bicyclic) bond motifs is 1. The molecule has 168 valence electrons. The Kier molecular flexibility index (Phi) is 6.00. The van der Waals surface area contributed by atoms with Crippen LogP contribution in [0, 0.1) is 18.7 Å². The highest BCUT2D eigenvalue weighted by molar-refractivity contribution is 5.97. The van der Waals surface area contributed by atoms with Crippen LogP contribution in [0.1, 0.15) is 46.8 Å². The lowest BCUT2D eigenvalue weighted by atomic mass is 9.87. The lowest BCUT2D eigenvalue weighted by Crippen LogP contribution is -2.55. The number of ether oxygens (including phenoxy) is 1. The van der Waals surface area contributed by atoms with E-state index in [-0.39, 0.29) is 30.1 Å². The molecule has 1 atom stereocenters. The Labute approximate surface area is 186 Å². The average molecular weight is 438 g/mol. The van der Waals surface area contributed by atoms with E-state index in [0.717, 1.165) is 5.56 Å². The number of benzene rings is 2. The predicted octanol–water partition coefficient (Wildman–Crippen LogP) is 3.16.